The third kappa shape index (κ3) is 8.79. The highest BCUT2D eigenvalue weighted by Crippen LogP contribution is 2.49. The fourth-order valence-corrected chi connectivity index (χ4v) is 7.87. The van der Waals surface area contributed by atoms with Gasteiger partial charge in [-0.3, -0.25) is 24.0 Å². The van der Waals surface area contributed by atoms with Crippen LogP contribution in [0.15, 0.2) is 65.7 Å². The van der Waals surface area contributed by atoms with Crippen LogP contribution in [0.4, 0.5) is 5.69 Å². The molecule has 0 saturated heterocycles. The van der Waals surface area contributed by atoms with Gasteiger partial charge in [-0.15, -0.1) is 0 Å². The number of aromatic hydroxyl groups is 1. The Morgan fingerprint density at radius 3 is 2.16 bits per heavy atom. The van der Waals surface area contributed by atoms with Crippen molar-refractivity contribution in [3.63, 3.8) is 0 Å². The number of fused-ring (bicyclic) bond motifs is 14. The molecule has 3 heterocycles. The Morgan fingerprint density at radius 2 is 1.54 bits per heavy atom. The summed E-state index contributed by atoms with van der Waals surface area (Å²) in [6, 6.07) is 4.59. The molecule has 4 aliphatic rings. The first-order valence-electron chi connectivity index (χ1n) is 19.8. The second-order valence-corrected chi connectivity index (χ2v) is 15.7. The van der Waals surface area contributed by atoms with E-state index in [9.17, 15) is 39.3 Å². The first-order valence-corrected chi connectivity index (χ1v) is 19.8. The number of hydrogen-bond acceptors (Lipinski definition) is 15. The lowest BCUT2D eigenvalue weighted by atomic mass is 9.78. The third-order valence-electron chi connectivity index (χ3n) is 11.6. The number of ketones is 3. The second kappa shape index (κ2) is 18.3. The van der Waals surface area contributed by atoms with Crippen molar-refractivity contribution in [3.8, 4) is 23.0 Å². The number of allylic oxidation sites excluding steroid dienone is 4. The Balaban J connectivity index is 1.70. The number of nitrogens with one attached hydrogen (secondary N) is 2. The van der Waals surface area contributed by atoms with E-state index in [0.29, 0.717) is 5.75 Å². The lowest BCUT2D eigenvalue weighted by molar-refractivity contribution is -0.160. The van der Waals surface area contributed by atoms with Crippen LogP contribution in [0.1, 0.15) is 85.1 Å². The van der Waals surface area contributed by atoms with Crippen LogP contribution in [0.3, 0.4) is 0 Å². The lowest BCUT2D eigenvalue weighted by Crippen LogP contribution is -2.46. The molecule has 1 amide bonds. The number of esters is 1. The normalized spacial score (nSPS) is 28.4. The van der Waals surface area contributed by atoms with Crippen molar-refractivity contribution in [2.75, 3.05) is 26.6 Å². The average Bonchev–Trinajstić information content (AvgIpc) is 3.50. The fourth-order valence-electron chi connectivity index (χ4n) is 7.87. The minimum Gasteiger partial charge on any atom is -0.507 e. The molecule has 0 radical (unpaired) electrons. The summed E-state index contributed by atoms with van der Waals surface area (Å²) in [4.78, 5) is 69.9. The summed E-state index contributed by atoms with van der Waals surface area (Å²) in [5.41, 5.74) is -1.99. The molecule has 328 valence electrons. The number of benzene rings is 2. The first-order chi connectivity index (χ1) is 28.7. The van der Waals surface area contributed by atoms with Gasteiger partial charge in [-0.2, -0.15) is 0 Å². The minimum atomic E-state index is -2.13. The summed E-state index contributed by atoms with van der Waals surface area (Å²) >= 11 is 0. The Kier molecular flexibility index (Phi) is 13.9. The number of aliphatic hydroxyl groups is 2. The van der Waals surface area contributed by atoms with Gasteiger partial charge in [-0.25, -0.2) is 0 Å². The second-order valence-electron chi connectivity index (χ2n) is 15.7. The maximum Gasteiger partial charge on any atom is 0.312 e. The van der Waals surface area contributed by atoms with E-state index in [2.05, 4.69) is 10.6 Å². The summed E-state index contributed by atoms with van der Waals surface area (Å²) in [5, 5.41) is 39.9. The minimum absolute atomic E-state index is 0.0426. The zero-order valence-electron chi connectivity index (χ0n) is 36.1. The molecular weight excluding hydrogens is 792 g/mol. The highest BCUT2D eigenvalue weighted by Gasteiger charge is 2.53. The van der Waals surface area contributed by atoms with E-state index in [4.69, 9.17) is 28.4 Å². The van der Waals surface area contributed by atoms with Crippen LogP contribution in [0.25, 0.3) is 0 Å². The Bertz CT molecular complexity index is 2240. The zero-order chi connectivity index (χ0) is 45.2. The Hall–Kier alpha value is -5.97. The average molecular weight is 847 g/mol. The van der Waals surface area contributed by atoms with Crippen LogP contribution in [-0.2, 0) is 23.8 Å². The summed E-state index contributed by atoms with van der Waals surface area (Å²) in [6.45, 7) is 12.2. The molecule has 1 aliphatic carbocycles. The number of anilines is 1. The van der Waals surface area contributed by atoms with Gasteiger partial charge in [0.25, 0.3) is 11.7 Å². The summed E-state index contributed by atoms with van der Waals surface area (Å²) in [7, 11) is 4.26. The van der Waals surface area contributed by atoms with E-state index in [0.717, 1.165) is 6.26 Å². The number of phenolic OH excluding ortho intramolecular Hbond substituents is 1. The van der Waals surface area contributed by atoms with Gasteiger partial charge in [0, 0.05) is 67.5 Å². The number of hydrogen-bond donors (Lipinski definition) is 5. The van der Waals surface area contributed by atoms with Gasteiger partial charge in [-0.05, 0) is 32.1 Å². The van der Waals surface area contributed by atoms with Crippen molar-refractivity contribution in [3.05, 3.63) is 88.0 Å². The fraction of sp³-hybridized carbons (Fsp3) is 0.444. The number of methoxy groups -OCH3 is 3. The molecule has 0 unspecified atom stereocenters. The Morgan fingerprint density at radius 1 is 0.869 bits per heavy atom. The molecule has 0 spiro atoms. The number of amides is 1. The van der Waals surface area contributed by atoms with Gasteiger partial charge in [0.2, 0.25) is 11.6 Å². The van der Waals surface area contributed by atoms with E-state index in [1.165, 1.54) is 79.4 Å². The molecule has 16 nitrogen and oxygen atoms in total. The highest BCUT2D eigenvalue weighted by atomic mass is 16.7. The standard InChI is InChI=1S/C45H54N2O14/c1-20-13-12-14-21(2)44(55)47-35-34(46-27-15-16-29(57-10)30(19-27)58-11)39(52)31-32(40(35)53)38(51)25(6)42-33(31)43(54)45(8,61-42)59-18-17-28(56-9)22(3)41(60-26(7)48)24(5)37(50)23(4)36(20)49/h12-20,22-24,28,36-37,41,46,49-51H,1-11H3,(H,47,55)/t20-,22+,23+,24-,28-,36-,37-,41+,45-/m0/s1. The molecule has 6 rings (SSSR count). The van der Waals surface area contributed by atoms with Gasteiger partial charge in [0.1, 0.15) is 29.0 Å². The number of phenols is 1. The van der Waals surface area contributed by atoms with Gasteiger partial charge >= 0.3 is 11.8 Å². The van der Waals surface area contributed by atoms with Gasteiger partial charge < -0.3 is 54.4 Å². The monoisotopic (exact) mass is 846 g/mol. The van der Waals surface area contributed by atoms with E-state index < -0.39 is 111 Å². The maximum absolute atomic E-state index is 14.8. The van der Waals surface area contributed by atoms with Crippen LogP contribution in [0.2, 0.25) is 0 Å². The number of carbonyl (C=O) groups is 5. The van der Waals surface area contributed by atoms with E-state index in [1.54, 1.807) is 39.8 Å². The van der Waals surface area contributed by atoms with Crippen LogP contribution in [0.5, 0.6) is 23.0 Å². The highest BCUT2D eigenvalue weighted by molar-refractivity contribution is 6.33. The number of carbonyl (C=O) groups excluding carboxylic acids is 5. The molecule has 5 bridgehead atoms. The third-order valence-corrected chi connectivity index (χ3v) is 11.6. The first kappa shape index (κ1) is 46.1. The lowest BCUT2D eigenvalue weighted by Gasteiger charge is -2.38. The number of ether oxygens (including phenoxy) is 6. The van der Waals surface area contributed by atoms with Crippen LogP contribution in [-0.4, -0.2) is 96.1 Å². The quantitative estimate of drug-likeness (QED) is 0.239. The van der Waals surface area contributed by atoms with Gasteiger partial charge in [0.05, 0.1) is 55.5 Å². The summed E-state index contributed by atoms with van der Waals surface area (Å²) < 4.78 is 34.3. The molecule has 9 atom stereocenters. The molecule has 0 fully saturated rings. The van der Waals surface area contributed by atoms with Gasteiger partial charge in [-0.1, -0.05) is 45.9 Å². The van der Waals surface area contributed by atoms with Crippen molar-refractivity contribution >= 4 is 34.9 Å². The summed E-state index contributed by atoms with van der Waals surface area (Å²) in [6.07, 6.45) is 3.21. The smallest absolute Gasteiger partial charge is 0.312 e. The molecule has 3 aliphatic heterocycles. The van der Waals surface area contributed by atoms with E-state index in [-0.39, 0.29) is 33.9 Å². The Labute approximate surface area is 354 Å². The maximum atomic E-state index is 14.8. The SMILES string of the molecule is COc1ccc(NC2=C3NC(=O)C(C)=CC=C[C@H](C)[C@H](O)[C@@H](C)[C@H](O)[C@H](C)[C@H](OC(C)=O)[C@H](C)[C@@H](OC)C=CO[C@@]4(C)Oc5c(C)c(O)c(c(c5C4=O)C2=O)C3=O)cc1OC. The molecule has 2 aromatic carbocycles. The van der Waals surface area contributed by atoms with Gasteiger partial charge in [0.15, 0.2) is 11.5 Å². The zero-order valence-corrected chi connectivity index (χ0v) is 36.1. The molecule has 2 aromatic rings. The van der Waals surface area contributed by atoms with E-state index in [1.807, 2.05) is 0 Å². The van der Waals surface area contributed by atoms with Crippen molar-refractivity contribution in [2.24, 2.45) is 23.7 Å². The van der Waals surface area contributed by atoms with Crippen molar-refractivity contribution in [1.82, 2.24) is 5.32 Å². The summed E-state index contributed by atoms with van der Waals surface area (Å²) in [5.74, 6) is -9.12. The molecule has 16 heteroatoms. The molecule has 0 aromatic heterocycles. The number of rotatable bonds is 6. The molecule has 61 heavy (non-hydrogen) atoms. The van der Waals surface area contributed by atoms with E-state index >= 15 is 0 Å². The largest absolute Gasteiger partial charge is 0.507 e. The van der Waals surface area contributed by atoms with Crippen molar-refractivity contribution in [2.45, 2.75) is 85.6 Å². The van der Waals surface area contributed by atoms with Crippen LogP contribution in [0, 0.1) is 30.6 Å². The topological polar surface area (TPSA) is 225 Å². The number of aliphatic hydroxyl groups excluding tert-OH is 2. The molecule has 0 saturated carbocycles. The van der Waals surface area contributed by atoms with Crippen molar-refractivity contribution in [1.29, 1.82) is 0 Å². The predicted octanol–water partition coefficient (Wildman–Crippen LogP) is 5.09. The van der Waals surface area contributed by atoms with Crippen LogP contribution < -0.4 is 24.8 Å². The molecule has 5 N–H and O–H groups in total. The molecular formula is C45H54N2O14. The number of Topliss-reactive ketones (excluding diaryl/α,β-unsaturated/α-hetero) is 3. The predicted molar refractivity (Wildman–Crippen MR) is 221 cm³/mol. The van der Waals surface area contributed by atoms with Crippen molar-refractivity contribution < 1.29 is 67.7 Å². The van der Waals surface area contributed by atoms with Crippen LogP contribution >= 0.6 is 0 Å².